The van der Waals surface area contributed by atoms with Crippen molar-refractivity contribution in [3.05, 3.63) is 65.0 Å². The van der Waals surface area contributed by atoms with Gasteiger partial charge in [0.05, 0.1) is 6.04 Å². The van der Waals surface area contributed by atoms with Crippen molar-refractivity contribution < 1.29 is 14.0 Å². The minimum atomic E-state index is -0.283. The van der Waals surface area contributed by atoms with Gasteiger partial charge in [-0.2, -0.15) is 0 Å². The number of carbonyl (C=O) groups is 2. The lowest BCUT2D eigenvalue weighted by Crippen LogP contribution is -2.45. The summed E-state index contributed by atoms with van der Waals surface area (Å²) in [5.74, 6) is -0.405. The second-order valence-corrected chi connectivity index (χ2v) is 6.66. The lowest BCUT2D eigenvalue weighted by molar-refractivity contribution is 0.0452. The number of nitrogens with one attached hydrogen (secondary N) is 1. The van der Waals surface area contributed by atoms with E-state index < -0.39 is 0 Å². The second kappa shape index (κ2) is 6.44. The van der Waals surface area contributed by atoms with Gasteiger partial charge >= 0.3 is 6.03 Å². The monoisotopic (exact) mass is 353 g/mol. The normalized spacial score (nSPS) is 19.3. The van der Waals surface area contributed by atoms with E-state index >= 15 is 0 Å². The zero-order valence-electron chi connectivity index (χ0n) is 14.5. The number of urea groups is 1. The van der Waals surface area contributed by atoms with Gasteiger partial charge in [0.25, 0.3) is 5.91 Å². The van der Waals surface area contributed by atoms with Gasteiger partial charge in [-0.3, -0.25) is 9.69 Å². The molecule has 1 unspecified atom stereocenters. The molecule has 0 saturated carbocycles. The number of anilines is 1. The predicted octanol–water partition coefficient (Wildman–Crippen LogP) is 3.25. The lowest BCUT2D eigenvalue weighted by Gasteiger charge is -2.41. The van der Waals surface area contributed by atoms with Crippen molar-refractivity contribution >= 4 is 17.6 Å². The Morgan fingerprint density at radius 3 is 2.62 bits per heavy atom. The summed E-state index contributed by atoms with van der Waals surface area (Å²) in [4.78, 5) is 28.4. The van der Waals surface area contributed by atoms with Crippen molar-refractivity contribution in [2.75, 3.05) is 24.5 Å². The molecule has 1 N–H and O–H groups in total. The molecule has 0 aromatic heterocycles. The van der Waals surface area contributed by atoms with Crippen LogP contribution in [0.1, 0.15) is 33.9 Å². The second-order valence-electron chi connectivity index (χ2n) is 6.66. The van der Waals surface area contributed by atoms with Crippen LogP contribution in [0.5, 0.6) is 0 Å². The average molecular weight is 353 g/mol. The van der Waals surface area contributed by atoms with Crippen molar-refractivity contribution in [3.63, 3.8) is 0 Å². The van der Waals surface area contributed by atoms with Gasteiger partial charge in [-0.05, 0) is 37.1 Å². The fourth-order valence-electron chi connectivity index (χ4n) is 3.70. The van der Waals surface area contributed by atoms with Crippen molar-refractivity contribution in [2.24, 2.45) is 0 Å². The van der Waals surface area contributed by atoms with Gasteiger partial charge in [-0.15, -0.1) is 0 Å². The molecule has 0 bridgehead atoms. The van der Waals surface area contributed by atoms with Crippen LogP contribution in [0.4, 0.5) is 14.9 Å². The van der Waals surface area contributed by atoms with Crippen molar-refractivity contribution in [1.29, 1.82) is 0 Å². The van der Waals surface area contributed by atoms with Crippen LogP contribution in [0.15, 0.2) is 42.5 Å². The van der Waals surface area contributed by atoms with Crippen molar-refractivity contribution in [3.8, 4) is 0 Å². The third-order valence-electron chi connectivity index (χ3n) is 5.23. The Balaban J connectivity index is 1.63. The molecule has 5 nitrogen and oxygen atoms in total. The SMILES string of the molecule is Cc1c(C(=O)N2CCC2c2ccccc2F)cccc1N1CCNC1=O. The summed E-state index contributed by atoms with van der Waals surface area (Å²) < 4.78 is 14.1. The summed E-state index contributed by atoms with van der Waals surface area (Å²) in [6.07, 6.45) is 0.750. The van der Waals surface area contributed by atoms with Gasteiger partial charge in [0, 0.05) is 36.4 Å². The summed E-state index contributed by atoms with van der Waals surface area (Å²) in [6.45, 7) is 3.63. The molecule has 2 aliphatic rings. The van der Waals surface area contributed by atoms with E-state index in [1.165, 1.54) is 6.07 Å². The maximum absolute atomic E-state index is 14.1. The van der Waals surface area contributed by atoms with E-state index in [0.29, 0.717) is 30.8 Å². The van der Waals surface area contributed by atoms with Gasteiger partial charge in [-0.25, -0.2) is 9.18 Å². The maximum Gasteiger partial charge on any atom is 0.322 e. The Morgan fingerprint density at radius 2 is 1.96 bits per heavy atom. The highest BCUT2D eigenvalue weighted by molar-refractivity contribution is 6.01. The van der Waals surface area contributed by atoms with Gasteiger partial charge in [0.2, 0.25) is 0 Å². The summed E-state index contributed by atoms with van der Waals surface area (Å²) in [5.41, 5.74) is 2.63. The van der Waals surface area contributed by atoms with Gasteiger partial charge in [0.15, 0.2) is 0 Å². The Morgan fingerprint density at radius 1 is 1.15 bits per heavy atom. The van der Waals surface area contributed by atoms with E-state index in [-0.39, 0.29) is 23.8 Å². The molecular weight excluding hydrogens is 333 g/mol. The van der Waals surface area contributed by atoms with Gasteiger partial charge < -0.3 is 10.2 Å². The Hall–Kier alpha value is -2.89. The van der Waals surface area contributed by atoms with E-state index in [2.05, 4.69) is 5.32 Å². The molecule has 1 atom stereocenters. The smallest absolute Gasteiger partial charge is 0.322 e. The Kier molecular flexibility index (Phi) is 4.11. The third kappa shape index (κ3) is 2.62. The third-order valence-corrected chi connectivity index (χ3v) is 5.23. The Labute approximate surface area is 151 Å². The number of likely N-dealkylation sites (tertiary alicyclic amines) is 1. The summed E-state index contributed by atoms with van der Waals surface area (Å²) in [6, 6.07) is 11.6. The van der Waals surface area contributed by atoms with Crippen LogP contribution in [-0.4, -0.2) is 36.5 Å². The lowest BCUT2D eigenvalue weighted by atomic mass is 9.92. The number of nitrogens with zero attached hydrogens (tertiary/aromatic N) is 2. The number of rotatable bonds is 3. The number of hydrogen-bond acceptors (Lipinski definition) is 2. The summed E-state index contributed by atoms with van der Waals surface area (Å²) >= 11 is 0. The zero-order valence-corrected chi connectivity index (χ0v) is 14.5. The van der Waals surface area contributed by atoms with E-state index in [1.807, 2.05) is 13.0 Å². The fourth-order valence-corrected chi connectivity index (χ4v) is 3.70. The van der Waals surface area contributed by atoms with Crippen LogP contribution in [0, 0.1) is 12.7 Å². The maximum atomic E-state index is 14.1. The number of halogens is 1. The number of hydrogen-bond donors (Lipinski definition) is 1. The van der Waals surface area contributed by atoms with Crippen LogP contribution < -0.4 is 10.2 Å². The summed E-state index contributed by atoms with van der Waals surface area (Å²) in [7, 11) is 0. The molecule has 2 saturated heterocycles. The first-order chi connectivity index (χ1) is 12.6. The molecule has 6 heteroatoms. The molecule has 0 spiro atoms. The number of benzene rings is 2. The van der Waals surface area contributed by atoms with Crippen LogP contribution in [0.2, 0.25) is 0 Å². The van der Waals surface area contributed by atoms with Crippen LogP contribution >= 0.6 is 0 Å². The van der Waals surface area contributed by atoms with Crippen LogP contribution in [0.3, 0.4) is 0 Å². The molecular formula is C20H20FN3O2. The molecule has 2 aromatic rings. The molecule has 4 rings (SSSR count). The molecule has 26 heavy (non-hydrogen) atoms. The molecule has 0 aliphatic carbocycles. The van der Waals surface area contributed by atoms with E-state index in [9.17, 15) is 14.0 Å². The summed E-state index contributed by atoms with van der Waals surface area (Å²) in [5, 5.41) is 2.77. The van der Waals surface area contributed by atoms with E-state index in [4.69, 9.17) is 0 Å². The minimum Gasteiger partial charge on any atom is -0.336 e. The highest BCUT2D eigenvalue weighted by Crippen LogP contribution is 2.37. The first-order valence-electron chi connectivity index (χ1n) is 8.78. The predicted molar refractivity (Wildman–Crippen MR) is 96.7 cm³/mol. The van der Waals surface area contributed by atoms with Crippen LogP contribution in [-0.2, 0) is 0 Å². The zero-order chi connectivity index (χ0) is 18.3. The first kappa shape index (κ1) is 16.6. The molecule has 2 heterocycles. The molecule has 2 aliphatic heterocycles. The standard InChI is InChI=1S/C20H20FN3O2/c1-13-14(6-4-8-17(13)24-12-10-22-20(24)26)19(25)23-11-9-18(23)15-5-2-3-7-16(15)21/h2-8,18H,9-12H2,1H3,(H,22,26). The fraction of sp³-hybridized carbons (Fsp3) is 0.300. The van der Waals surface area contributed by atoms with Crippen molar-refractivity contribution in [2.45, 2.75) is 19.4 Å². The molecule has 3 amide bonds. The highest BCUT2D eigenvalue weighted by atomic mass is 19.1. The van der Waals surface area contributed by atoms with E-state index in [0.717, 1.165) is 17.7 Å². The number of carbonyl (C=O) groups excluding carboxylic acids is 2. The Bertz CT molecular complexity index is 883. The highest BCUT2D eigenvalue weighted by Gasteiger charge is 2.36. The van der Waals surface area contributed by atoms with E-state index in [1.54, 1.807) is 40.1 Å². The minimum absolute atomic E-state index is 0.122. The molecule has 0 radical (unpaired) electrons. The molecule has 2 aromatic carbocycles. The molecule has 134 valence electrons. The average Bonchev–Trinajstić information content (AvgIpc) is 3.02. The number of amides is 3. The quantitative estimate of drug-likeness (QED) is 0.921. The largest absolute Gasteiger partial charge is 0.336 e. The van der Waals surface area contributed by atoms with Crippen molar-refractivity contribution in [1.82, 2.24) is 10.2 Å². The first-order valence-corrected chi connectivity index (χ1v) is 8.78. The van der Waals surface area contributed by atoms with Crippen LogP contribution in [0.25, 0.3) is 0 Å². The topological polar surface area (TPSA) is 52.7 Å². The van der Waals surface area contributed by atoms with Gasteiger partial charge in [0.1, 0.15) is 5.82 Å². The molecule has 2 fully saturated rings. The van der Waals surface area contributed by atoms with Gasteiger partial charge in [-0.1, -0.05) is 24.3 Å².